The van der Waals surface area contributed by atoms with Gasteiger partial charge in [0.25, 0.3) is 6.17 Å². The molecule has 2 rings (SSSR count). The average molecular weight is 772 g/mol. The number of halogens is 7. The van der Waals surface area contributed by atoms with E-state index in [2.05, 4.69) is 0 Å². The Hall–Kier alpha value is -2.80. The molecule has 0 spiro atoms. The van der Waals surface area contributed by atoms with Crippen molar-refractivity contribution in [2.45, 2.75) is 59.1 Å². The monoisotopic (exact) mass is 772 g/mol. The smallest absolute Gasteiger partial charge is 0.426 e. The van der Waals surface area contributed by atoms with Gasteiger partial charge >= 0.3 is 44.6 Å². The highest BCUT2D eigenvalue weighted by molar-refractivity contribution is 7.86. The molecule has 0 amide bonds. The van der Waals surface area contributed by atoms with Gasteiger partial charge in [0.2, 0.25) is 13.6 Å². The predicted molar refractivity (Wildman–Crippen MR) is 138 cm³/mol. The van der Waals surface area contributed by atoms with Crippen LogP contribution in [0.25, 0.3) is 0 Å². The van der Waals surface area contributed by atoms with Crippen LogP contribution in [0, 0.1) is 18.0 Å². The van der Waals surface area contributed by atoms with Gasteiger partial charge in [-0.2, -0.15) is 22.0 Å². The molecule has 0 fully saturated rings. The lowest BCUT2D eigenvalue weighted by Crippen LogP contribution is -3.61. The summed E-state index contributed by atoms with van der Waals surface area (Å²) in [6.07, 6.45) is -11.1. The molecule has 2 aromatic rings. The summed E-state index contributed by atoms with van der Waals surface area (Å²) in [5, 5.41) is -5.99. The van der Waals surface area contributed by atoms with E-state index in [4.69, 9.17) is 18.9 Å². The molecule has 0 aromatic heterocycles. The van der Waals surface area contributed by atoms with Gasteiger partial charge in [0, 0.05) is 0 Å². The molecule has 0 saturated carbocycles. The van der Waals surface area contributed by atoms with Crippen LogP contribution in [0.2, 0.25) is 0 Å². The lowest BCUT2D eigenvalue weighted by molar-refractivity contribution is -0.597. The van der Waals surface area contributed by atoms with E-state index in [0.717, 1.165) is 0 Å². The molecular formula is C27H31F6IO9S. The van der Waals surface area contributed by atoms with Crippen molar-refractivity contribution in [2.24, 2.45) is 10.8 Å². The minimum atomic E-state index is -6.66. The number of hydrogen-bond donors (Lipinski definition) is 0. The van der Waals surface area contributed by atoms with E-state index in [9.17, 15) is 48.9 Å². The quantitative estimate of drug-likeness (QED) is 0.118. The highest BCUT2D eigenvalue weighted by atomic mass is 127. The molecule has 0 bridgehead atoms. The first kappa shape index (κ1) is 39.2. The minimum Gasteiger partial charge on any atom is -0.743 e. The highest BCUT2D eigenvalue weighted by Gasteiger charge is 2.61. The van der Waals surface area contributed by atoms with Gasteiger partial charge in [-0.15, -0.1) is 0 Å². The maximum atomic E-state index is 11.8. The topological polar surface area (TPSA) is 128 Å². The lowest BCUT2D eigenvalue weighted by Gasteiger charge is -2.24. The third-order valence-electron chi connectivity index (χ3n) is 4.82. The number of hydrogen-bond acceptors (Lipinski definition) is 9. The van der Waals surface area contributed by atoms with Crippen LogP contribution in [0.1, 0.15) is 41.5 Å². The Morgan fingerprint density at radius 2 is 1.05 bits per heavy atom. The second-order valence-corrected chi connectivity index (χ2v) is 15.3. The maximum Gasteiger partial charge on any atom is 0.426 e. The summed E-state index contributed by atoms with van der Waals surface area (Å²) in [6.45, 7) is 10.6. The molecule has 44 heavy (non-hydrogen) atoms. The summed E-state index contributed by atoms with van der Waals surface area (Å²) in [5.41, 5.74) is -1.09. The van der Waals surface area contributed by atoms with Gasteiger partial charge in [0.1, 0.15) is 11.5 Å². The first-order valence-corrected chi connectivity index (χ1v) is 15.9. The van der Waals surface area contributed by atoms with Crippen LogP contribution < -0.4 is 30.7 Å². The van der Waals surface area contributed by atoms with Crippen LogP contribution in [0.4, 0.5) is 26.3 Å². The number of rotatable bonds is 10. The molecule has 0 saturated heterocycles. The molecule has 9 nitrogen and oxygen atoms in total. The van der Waals surface area contributed by atoms with Crippen molar-refractivity contribution in [3.8, 4) is 11.5 Å². The fourth-order valence-corrected chi connectivity index (χ4v) is 4.91. The van der Waals surface area contributed by atoms with Crippen LogP contribution >= 0.6 is 0 Å². The summed E-state index contributed by atoms with van der Waals surface area (Å²) < 4.78 is 121. The summed E-state index contributed by atoms with van der Waals surface area (Å²) in [7, 11) is -6.66. The third-order valence-corrected chi connectivity index (χ3v) is 8.37. The molecule has 1 unspecified atom stereocenters. The Morgan fingerprint density at radius 3 is 1.27 bits per heavy atom. The van der Waals surface area contributed by atoms with Gasteiger partial charge in [0.05, 0.1) is 10.8 Å². The average Bonchev–Trinajstić information content (AvgIpc) is 2.88. The van der Waals surface area contributed by atoms with E-state index in [0.29, 0.717) is 11.5 Å². The summed E-state index contributed by atoms with van der Waals surface area (Å²) in [6, 6.07) is 15.6. The summed E-state index contributed by atoms with van der Waals surface area (Å²) >= 11 is -0.359. The Morgan fingerprint density at radius 1 is 0.727 bits per heavy atom. The van der Waals surface area contributed by atoms with Crippen LogP contribution in [-0.4, -0.2) is 56.1 Å². The van der Waals surface area contributed by atoms with E-state index >= 15 is 0 Å². The van der Waals surface area contributed by atoms with Gasteiger partial charge in [-0.1, -0.05) is 0 Å². The van der Waals surface area contributed by atoms with Crippen molar-refractivity contribution in [2.75, 3.05) is 13.6 Å². The normalized spacial score (nSPS) is 13.2. The van der Waals surface area contributed by atoms with Crippen LogP contribution in [0.15, 0.2) is 48.5 Å². The Bertz CT molecular complexity index is 1260. The van der Waals surface area contributed by atoms with E-state index in [1.54, 1.807) is 41.5 Å². The van der Waals surface area contributed by atoms with E-state index in [-0.39, 0.29) is 46.7 Å². The van der Waals surface area contributed by atoms with Crippen LogP contribution in [-0.2, 0) is 29.2 Å². The van der Waals surface area contributed by atoms with Crippen molar-refractivity contribution in [1.29, 1.82) is 0 Å². The zero-order chi connectivity index (χ0) is 34.1. The fraction of sp³-hybridized carbons (Fsp3) is 0.481. The Kier molecular flexibility index (Phi) is 13.8. The number of ether oxygens (including phenoxy) is 4. The number of benzene rings is 2. The van der Waals surface area contributed by atoms with E-state index < -0.39 is 38.6 Å². The number of carbonyl (C=O) groups is 2. The molecule has 0 N–H and O–H groups in total. The van der Waals surface area contributed by atoms with Gasteiger partial charge in [-0.05, 0) is 90.1 Å². The SMILES string of the molecule is CC(C)(C)C(=O)OCOc1ccc([I+]c2ccc(OCOC(=O)C(C)(C)C)cc2)cc1.O=S(=O)([O-])C(F)(F)C(F)C(F)(F)F. The lowest BCUT2D eigenvalue weighted by atomic mass is 9.97. The first-order valence-electron chi connectivity index (χ1n) is 12.3. The molecule has 2 aromatic carbocycles. The minimum absolute atomic E-state index is 0.100. The molecule has 0 radical (unpaired) electrons. The molecule has 0 aliphatic carbocycles. The number of alkyl halides is 6. The highest BCUT2D eigenvalue weighted by Crippen LogP contribution is 2.37. The van der Waals surface area contributed by atoms with Gasteiger partial charge in [0.15, 0.2) is 17.3 Å². The Labute approximate surface area is 261 Å². The summed E-state index contributed by atoms with van der Waals surface area (Å²) in [4.78, 5) is 23.5. The molecule has 0 heterocycles. The van der Waals surface area contributed by atoms with Crippen molar-refractivity contribution in [3.63, 3.8) is 0 Å². The second-order valence-electron chi connectivity index (χ2n) is 10.8. The number of carbonyl (C=O) groups excluding carboxylic acids is 2. The fourth-order valence-electron chi connectivity index (χ4n) is 2.37. The largest absolute Gasteiger partial charge is 0.743 e. The van der Waals surface area contributed by atoms with E-state index in [1.165, 1.54) is 7.14 Å². The second kappa shape index (κ2) is 15.5. The first-order chi connectivity index (χ1) is 19.9. The van der Waals surface area contributed by atoms with Gasteiger partial charge in [-0.25, -0.2) is 12.8 Å². The van der Waals surface area contributed by atoms with Crippen molar-refractivity contribution in [3.05, 3.63) is 55.7 Å². The van der Waals surface area contributed by atoms with Gasteiger partial charge in [-0.3, -0.25) is 9.59 Å². The molecule has 0 aliphatic rings. The van der Waals surface area contributed by atoms with E-state index in [1.807, 2.05) is 48.5 Å². The zero-order valence-electron chi connectivity index (χ0n) is 24.3. The summed E-state index contributed by atoms with van der Waals surface area (Å²) in [5.74, 6) is 0.718. The third kappa shape index (κ3) is 13.1. The molecule has 17 heteroatoms. The zero-order valence-corrected chi connectivity index (χ0v) is 27.3. The molecular weight excluding hydrogens is 741 g/mol. The van der Waals surface area contributed by atoms with Gasteiger partial charge < -0.3 is 23.5 Å². The van der Waals surface area contributed by atoms with Crippen molar-refractivity contribution < 1.29 is 89.1 Å². The van der Waals surface area contributed by atoms with Crippen molar-refractivity contribution in [1.82, 2.24) is 0 Å². The van der Waals surface area contributed by atoms with Crippen LogP contribution in [0.3, 0.4) is 0 Å². The van der Waals surface area contributed by atoms with Crippen molar-refractivity contribution >= 4 is 22.1 Å². The van der Waals surface area contributed by atoms with Crippen LogP contribution in [0.5, 0.6) is 11.5 Å². The molecule has 248 valence electrons. The predicted octanol–water partition coefficient (Wildman–Crippen LogP) is 2.69. The Balaban J connectivity index is 0.000000627. The number of esters is 2. The maximum absolute atomic E-state index is 11.8. The standard InChI is InChI=1S/C24H30IO6.C3H2F6O3S/c1-23(2,3)21(26)30-15-28-19-11-7-17(8-12-19)25-18-9-13-20(14-10-18)29-16-31-22(27)24(4,5)6;4-1(2(5,6)7)3(8,9)13(10,11)12/h7-14H,15-16H2,1-6H3;1H,(H,10,11,12)/q+1;/p-1. The molecule has 0 aliphatic heterocycles. The molecule has 1 atom stereocenters.